The van der Waals surface area contributed by atoms with Crippen LogP contribution in [0.15, 0.2) is 0 Å². The van der Waals surface area contributed by atoms with Gasteiger partial charge in [0.25, 0.3) is 0 Å². The molecule has 1 saturated carbocycles. The van der Waals surface area contributed by atoms with Crippen LogP contribution in [0.2, 0.25) is 0 Å². The number of hydrogen-bond acceptors (Lipinski definition) is 1. The predicted molar refractivity (Wildman–Crippen MR) is 56.8 cm³/mol. The summed E-state index contributed by atoms with van der Waals surface area (Å²) in [5.74, 6) is 2.03. The zero-order valence-corrected chi connectivity index (χ0v) is 8.89. The molecule has 2 aliphatic rings. The molecule has 0 radical (unpaired) electrons. The largest absolute Gasteiger partial charge is 0.314 e. The lowest BCUT2D eigenvalue weighted by molar-refractivity contribution is 0.313. The van der Waals surface area contributed by atoms with Gasteiger partial charge in [-0.3, -0.25) is 0 Å². The molecule has 0 spiro atoms. The Morgan fingerprint density at radius 2 is 1.92 bits per heavy atom. The van der Waals surface area contributed by atoms with Crippen LogP contribution < -0.4 is 5.32 Å². The number of rotatable bonds is 3. The molecule has 0 bridgehead atoms. The lowest BCUT2D eigenvalue weighted by Crippen LogP contribution is -2.25. The van der Waals surface area contributed by atoms with Crippen LogP contribution in [0.25, 0.3) is 0 Å². The predicted octanol–water partition coefficient (Wildman–Crippen LogP) is 2.95. The summed E-state index contributed by atoms with van der Waals surface area (Å²) in [5, 5.41) is 3.61. The molecule has 76 valence electrons. The molecule has 1 aliphatic heterocycles. The third-order valence-corrected chi connectivity index (χ3v) is 4.02. The van der Waals surface area contributed by atoms with Crippen molar-refractivity contribution in [3.8, 4) is 0 Å². The first kappa shape index (κ1) is 9.51. The van der Waals surface area contributed by atoms with Crippen molar-refractivity contribution < 1.29 is 0 Å². The Labute approximate surface area is 82.3 Å². The summed E-state index contributed by atoms with van der Waals surface area (Å²) in [7, 11) is 0. The summed E-state index contributed by atoms with van der Waals surface area (Å²) in [6, 6.07) is 0.857. The van der Waals surface area contributed by atoms with E-state index in [4.69, 9.17) is 0 Å². The van der Waals surface area contributed by atoms with Gasteiger partial charge in [0.05, 0.1) is 0 Å². The molecule has 2 unspecified atom stereocenters. The smallest absolute Gasteiger partial charge is 0.00701 e. The zero-order chi connectivity index (χ0) is 9.10. The highest BCUT2D eigenvalue weighted by molar-refractivity contribution is 4.80. The third-order valence-electron chi connectivity index (χ3n) is 4.02. The van der Waals surface area contributed by atoms with Gasteiger partial charge in [-0.05, 0) is 37.6 Å². The lowest BCUT2D eigenvalue weighted by atomic mass is 9.87. The van der Waals surface area contributed by atoms with E-state index in [0.29, 0.717) is 0 Å². The summed E-state index contributed by atoms with van der Waals surface area (Å²) in [6.07, 6.45) is 10.3. The van der Waals surface area contributed by atoms with E-state index >= 15 is 0 Å². The lowest BCUT2D eigenvalue weighted by Gasteiger charge is -2.22. The summed E-state index contributed by atoms with van der Waals surface area (Å²) < 4.78 is 0. The minimum absolute atomic E-state index is 0.857. The molecular formula is C12H23N. The van der Waals surface area contributed by atoms with Crippen molar-refractivity contribution in [1.29, 1.82) is 0 Å². The molecule has 1 N–H and O–H groups in total. The average molecular weight is 181 g/mol. The van der Waals surface area contributed by atoms with Gasteiger partial charge in [0.2, 0.25) is 0 Å². The minimum atomic E-state index is 0.857. The van der Waals surface area contributed by atoms with E-state index in [9.17, 15) is 0 Å². The highest BCUT2D eigenvalue weighted by Crippen LogP contribution is 2.34. The fraction of sp³-hybridized carbons (Fsp3) is 1.00. The van der Waals surface area contributed by atoms with E-state index in [-0.39, 0.29) is 0 Å². The van der Waals surface area contributed by atoms with Gasteiger partial charge in [0.1, 0.15) is 0 Å². The highest BCUT2D eigenvalue weighted by atomic mass is 14.9. The molecule has 1 heterocycles. The number of hydrogen-bond donors (Lipinski definition) is 1. The quantitative estimate of drug-likeness (QED) is 0.706. The topological polar surface area (TPSA) is 12.0 Å². The Balaban J connectivity index is 1.73. The molecule has 0 aromatic rings. The third kappa shape index (κ3) is 2.46. The normalized spacial score (nSPS) is 32.5. The molecule has 1 aliphatic carbocycles. The van der Waals surface area contributed by atoms with Crippen molar-refractivity contribution in [1.82, 2.24) is 5.32 Å². The highest BCUT2D eigenvalue weighted by Gasteiger charge is 2.25. The van der Waals surface area contributed by atoms with E-state index < -0.39 is 0 Å². The van der Waals surface area contributed by atoms with Crippen molar-refractivity contribution in [2.45, 2.75) is 57.9 Å². The zero-order valence-electron chi connectivity index (χ0n) is 8.89. The first-order valence-electron chi connectivity index (χ1n) is 6.09. The summed E-state index contributed by atoms with van der Waals surface area (Å²) in [4.78, 5) is 0. The second-order valence-electron chi connectivity index (χ2n) is 5.05. The van der Waals surface area contributed by atoms with Gasteiger partial charge in [-0.25, -0.2) is 0 Å². The van der Waals surface area contributed by atoms with Crippen molar-refractivity contribution in [2.24, 2.45) is 11.8 Å². The Morgan fingerprint density at radius 3 is 2.54 bits per heavy atom. The van der Waals surface area contributed by atoms with Gasteiger partial charge in [0, 0.05) is 6.04 Å². The van der Waals surface area contributed by atoms with E-state index in [0.717, 1.165) is 17.9 Å². The molecule has 1 saturated heterocycles. The molecule has 1 nitrogen and oxygen atoms in total. The first-order valence-corrected chi connectivity index (χ1v) is 6.09. The van der Waals surface area contributed by atoms with Crippen LogP contribution in [0, 0.1) is 11.8 Å². The molecule has 1 heteroatoms. The van der Waals surface area contributed by atoms with Gasteiger partial charge < -0.3 is 5.32 Å². The van der Waals surface area contributed by atoms with Gasteiger partial charge in [-0.2, -0.15) is 0 Å². The summed E-state index contributed by atoms with van der Waals surface area (Å²) in [6.45, 7) is 3.73. The first-order chi connectivity index (χ1) is 6.36. The van der Waals surface area contributed by atoms with Crippen molar-refractivity contribution >= 4 is 0 Å². The van der Waals surface area contributed by atoms with Crippen LogP contribution in [0.4, 0.5) is 0 Å². The molecule has 2 fully saturated rings. The molecule has 0 amide bonds. The van der Waals surface area contributed by atoms with E-state index in [2.05, 4.69) is 12.2 Å². The number of nitrogens with one attached hydrogen (secondary N) is 1. The van der Waals surface area contributed by atoms with Crippen LogP contribution in [-0.2, 0) is 0 Å². The van der Waals surface area contributed by atoms with Crippen molar-refractivity contribution in [2.75, 3.05) is 6.54 Å². The fourth-order valence-electron chi connectivity index (χ4n) is 3.13. The van der Waals surface area contributed by atoms with E-state index in [1.54, 1.807) is 0 Å². The van der Waals surface area contributed by atoms with Crippen LogP contribution in [0.1, 0.15) is 51.9 Å². The summed E-state index contributed by atoms with van der Waals surface area (Å²) in [5.41, 5.74) is 0. The SMILES string of the molecule is CC(CC1CCCN1)C1CCCC1. The Kier molecular flexibility index (Phi) is 3.26. The average Bonchev–Trinajstić information content (AvgIpc) is 2.74. The van der Waals surface area contributed by atoms with Crippen LogP contribution in [-0.4, -0.2) is 12.6 Å². The molecule has 0 aromatic heterocycles. The Hall–Kier alpha value is -0.0400. The van der Waals surface area contributed by atoms with Crippen molar-refractivity contribution in [3.63, 3.8) is 0 Å². The van der Waals surface area contributed by atoms with Gasteiger partial charge in [-0.1, -0.05) is 32.6 Å². The molecule has 13 heavy (non-hydrogen) atoms. The van der Waals surface area contributed by atoms with E-state index in [1.807, 2.05) is 0 Å². The Morgan fingerprint density at radius 1 is 1.15 bits per heavy atom. The van der Waals surface area contributed by atoms with Crippen LogP contribution in [0.3, 0.4) is 0 Å². The van der Waals surface area contributed by atoms with Crippen LogP contribution in [0.5, 0.6) is 0 Å². The Bertz CT molecular complexity index is 143. The molecule has 0 aromatic carbocycles. The molecular weight excluding hydrogens is 158 g/mol. The second-order valence-corrected chi connectivity index (χ2v) is 5.05. The monoisotopic (exact) mass is 181 g/mol. The van der Waals surface area contributed by atoms with Gasteiger partial charge in [-0.15, -0.1) is 0 Å². The van der Waals surface area contributed by atoms with Crippen molar-refractivity contribution in [3.05, 3.63) is 0 Å². The maximum absolute atomic E-state index is 3.61. The standard InChI is InChI=1S/C12H23N/c1-10(11-5-2-3-6-11)9-12-7-4-8-13-12/h10-13H,2-9H2,1H3. The molecule has 2 atom stereocenters. The minimum Gasteiger partial charge on any atom is -0.314 e. The van der Waals surface area contributed by atoms with Crippen LogP contribution >= 0.6 is 0 Å². The summed E-state index contributed by atoms with van der Waals surface area (Å²) >= 11 is 0. The molecule has 2 rings (SSSR count). The maximum Gasteiger partial charge on any atom is 0.00701 e. The van der Waals surface area contributed by atoms with E-state index in [1.165, 1.54) is 51.5 Å². The second kappa shape index (κ2) is 4.45. The maximum atomic E-state index is 3.61. The van der Waals surface area contributed by atoms with Gasteiger partial charge >= 0.3 is 0 Å². The fourth-order valence-corrected chi connectivity index (χ4v) is 3.13. The van der Waals surface area contributed by atoms with Gasteiger partial charge in [0.15, 0.2) is 0 Å².